The first-order chi connectivity index (χ1) is 8.08. The van der Waals surface area contributed by atoms with Crippen molar-refractivity contribution < 1.29 is 0 Å². The van der Waals surface area contributed by atoms with Crippen LogP contribution in [0.25, 0.3) is 0 Å². The summed E-state index contributed by atoms with van der Waals surface area (Å²) in [5.74, 6) is 0. The molecule has 0 aromatic carbocycles. The molecule has 1 aliphatic rings. The fraction of sp³-hybridized carbons (Fsp3) is 0.600. The van der Waals surface area contributed by atoms with Crippen molar-refractivity contribution in [2.45, 2.75) is 32.9 Å². The number of hydrogen-bond acceptors (Lipinski definition) is 2. The molecule has 0 spiro atoms. The van der Waals surface area contributed by atoms with E-state index in [-0.39, 0.29) is 0 Å². The fourth-order valence-electron chi connectivity index (χ4n) is 2.55. The highest BCUT2D eigenvalue weighted by molar-refractivity contribution is 5.23. The topological polar surface area (TPSA) is 6.48 Å². The van der Waals surface area contributed by atoms with Crippen LogP contribution >= 0.6 is 0 Å². The third-order valence-electron chi connectivity index (χ3n) is 3.41. The molecule has 2 atom stereocenters. The maximum absolute atomic E-state index is 3.91. The van der Waals surface area contributed by atoms with Gasteiger partial charge in [0.25, 0.3) is 0 Å². The molecule has 1 fully saturated rings. The Morgan fingerprint density at radius 2 is 1.88 bits per heavy atom. The Kier molecular flexibility index (Phi) is 5.66. The van der Waals surface area contributed by atoms with Gasteiger partial charge in [-0.25, -0.2) is 0 Å². The van der Waals surface area contributed by atoms with Gasteiger partial charge in [-0.2, -0.15) is 0 Å². The maximum Gasteiger partial charge on any atom is 0.0240 e. The van der Waals surface area contributed by atoms with E-state index >= 15 is 0 Å². The molecule has 2 heteroatoms. The van der Waals surface area contributed by atoms with Gasteiger partial charge < -0.3 is 4.90 Å². The highest BCUT2D eigenvalue weighted by Crippen LogP contribution is 2.16. The zero-order valence-corrected chi connectivity index (χ0v) is 11.7. The van der Waals surface area contributed by atoms with Crippen molar-refractivity contribution in [3.63, 3.8) is 0 Å². The zero-order valence-electron chi connectivity index (χ0n) is 11.7. The van der Waals surface area contributed by atoms with Gasteiger partial charge in [0.05, 0.1) is 0 Å². The Hall–Kier alpha value is -0.860. The van der Waals surface area contributed by atoms with E-state index in [2.05, 4.69) is 55.5 Å². The third-order valence-corrected chi connectivity index (χ3v) is 3.41. The zero-order chi connectivity index (χ0) is 12.8. The molecule has 0 amide bonds. The van der Waals surface area contributed by atoms with Crippen molar-refractivity contribution in [1.29, 1.82) is 0 Å². The van der Waals surface area contributed by atoms with E-state index in [1.165, 1.54) is 5.57 Å². The number of rotatable bonds is 4. The monoisotopic (exact) mass is 234 g/mol. The first kappa shape index (κ1) is 14.2. The lowest BCUT2D eigenvalue weighted by Crippen LogP contribution is -2.55. The van der Waals surface area contributed by atoms with E-state index in [0.29, 0.717) is 12.1 Å². The lowest BCUT2D eigenvalue weighted by Gasteiger charge is -2.43. The lowest BCUT2D eigenvalue weighted by atomic mass is 10.1. The molecule has 0 radical (unpaired) electrons. The molecule has 17 heavy (non-hydrogen) atoms. The summed E-state index contributed by atoms with van der Waals surface area (Å²) in [6.07, 6.45) is 8.27. The van der Waals surface area contributed by atoms with Gasteiger partial charge in [0.2, 0.25) is 0 Å². The summed E-state index contributed by atoms with van der Waals surface area (Å²) in [5.41, 5.74) is 1.30. The summed E-state index contributed by atoms with van der Waals surface area (Å²) in [7, 11) is 2.20. The lowest BCUT2D eigenvalue weighted by molar-refractivity contribution is 0.0612. The van der Waals surface area contributed by atoms with Gasteiger partial charge in [0.1, 0.15) is 0 Å². The predicted octanol–water partition coefficient (Wildman–Crippen LogP) is 2.70. The average Bonchev–Trinajstić information content (AvgIpc) is 2.27. The van der Waals surface area contributed by atoms with Crippen LogP contribution in [0, 0.1) is 0 Å². The second kappa shape index (κ2) is 6.77. The summed E-state index contributed by atoms with van der Waals surface area (Å²) < 4.78 is 0. The standard InChI is InChI=1S/C15H26N2/c1-6-8-9-15(7-2)12-17-13(3)10-16(5)11-14(17)4/h6-9,13-14H,2,10-12H2,1,3-5H3/b8-6-,15-9+. The van der Waals surface area contributed by atoms with E-state index in [0.717, 1.165) is 19.6 Å². The Labute approximate surface area is 106 Å². The summed E-state index contributed by atoms with van der Waals surface area (Å²) in [6.45, 7) is 13.9. The van der Waals surface area contributed by atoms with E-state index in [9.17, 15) is 0 Å². The molecule has 0 aromatic heterocycles. The van der Waals surface area contributed by atoms with Crippen molar-refractivity contribution in [1.82, 2.24) is 9.80 Å². The van der Waals surface area contributed by atoms with Crippen LogP contribution in [0.3, 0.4) is 0 Å². The van der Waals surface area contributed by atoms with Crippen LogP contribution in [-0.4, -0.2) is 48.6 Å². The predicted molar refractivity (Wildman–Crippen MR) is 76.2 cm³/mol. The van der Waals surface area contributed by atoms with Crippen molar-refractivity contribution in [3.05, 3.63) is 36.5 Å². The Balaban J connectivity index is 2.68. The summed E-state index contributed by atoms with van der Waals surface area (Å²) in [5, 5.41) is 0. The van der Waals surface area contributed by atoms with Crippen molar-refractivity contribution >= 4 is 0 Å². The molecule has 0 aromatic rings. The van der Waals surface area contributed by atoms with Gasteiger partial charge in [0.15, 0.2) is 0 Å². The van der Waals surface area contributed by atoms with Crippen LogP contribution in [0.1, 0.15) is 20.8 Å². The van der Waals surface area contributed by atoms with Crippen LogP contribution < -0.4 is 0 Å². The van der Waals surface area contributed by atoms with Crippen molar-refractivity contribution in [2.75, 3.05) is 26.7 Å². The van der Waals surface area contributed by atoms with Crippen LogP contribution in [0.5, 0.6) is 0 Å². The molecular weight excluding hydrogens is 208 g/mol. The maximum atomic E-state index is 3.91. The third kappa shape index (κ3) is 4.14. The van der Waals surface area contributed by atoms with Gasteiger partial charge in [-0.3, -0.25) is 4.90 Å². The Morgan fingerprint density at radius 1 is 1.29 bits per heavy atom. The molecule has 1 heterocycles. The Morgan fingerprint density at radius 3 is 2.35 bits per heavy atom. The first-order valence-corrected chi connectivity index (χ1v) is 6.47. The molecule has 1 aliphatic heterocycles. The Bertz CT molecular complexity index is 292. The minimum atomic E-state index is 0.609. The molecule has 1 rings (SSSR count). The highest BCUT2D eigenvalue weighted by atomic mass is 15.3. The normalized spacial score (nSPS) is 28.8. The second-order valence-electron chi connectivity index (χ2n) is 5.06. The van der Waals surface area contributed by atoms with Gasteiger partial charge in [-0.1, -0.05) is 30.9 Å². The minimum absolute atomic E-state index is 0.609. The SMILES string of the molecule is C=C/C(=C\C=C/C)CN1C(C)CN(C)CC1C. The fourth-order valence-corrected chi connectivity index (χ4v) is 2.55. The highest BCUT2D eigenvalue weighted by Gasteiger charge is 2.27. The second-order valence-corrected chi connectivity index (χ2v) is 5.06. The van der Waals surface area contributed by atoms with Gasteiger partial charge in [-0.15, -0.1) is 0 Å². The average molecular weight is 234 g/mol. The number of likely N-dealkylation sites (N-methyl/N-ethyl adjacent to an activating group) is 1. The largest absolute Gasteiger partial charge is 0.303 e. The van der Waals surface area contributed by atoms with E-state index in [1.54, 1.807) is 0 Å². The molecule has 0 bridgehead atoms. The number of hydrogen-bond donors (Lipinski definition) is 0. The molecule has 0 saturated carbocycles. The van der Waals surface area contributed by atoms with Crippen LogP contribution in [-0.2, 0) is 0 Å². The quantitative estimate of drug-likeness (QED) is 0.690. The molecule has 96 valence electrons. The molecule has 0 aliphatic carbocycles. The smallest absolute Gasteiger partial charge is 0.0240 e. The van der Waals surface area contributed by atoms with Crippen molar-refractivity contribution in [2.24, 2.45) is 0 Å². The minimum Gasteiger partial charge on any atom is -0.303 e. The summed E-state index contributed by atoms with van der Waals surface area (Å²) >= 11 is 0. The van der Waals surface area contributed by atoms with E-state index in [4.69, 9.17) is 0 Å². The molecule has 0 N–H and O–H groups in total. The molecule has 2 unspecified atom stereocenters. The van der Waals surface area contributed by atoms with Crippen LogP contribution in [0.2, 0.25) is 0 Å². The van der Waals surface area contributed by atoms with Gasteiger partial charge >= 0.3 is 0 Å². The van der Waals surface area contributed by atoms with Crippen molar-refractivity contribution in [3.8, 4) is 0 Å². The van der Waals surface area contributed by atoms with E-state index in [1.807, 2.05) is 13.0 Å². The number of nitrogens with zero attached hydrogens (tertiary/aromatic N) is 2. The number of piperazine rings is 1. The van der Waals surface area contributed by atoms with E-state index < -0.39 is 0 Å². The van der Waals surface area contributed by atoms with Gasteiger partial charge in [-0.05, 0) is 33.4 Å². The number of allylic oxidation sites excluding steroid dienone is 3. The van der Waals surface area contributed by atoms with Crippen LogP contribution in [0.4, 0.5) is 0 Å². The first-order valence-electron chi connectivity index (χ1n) is 6.47. The molecular formula is C15H26N2. The summed E-state index contributed by atoms with van der Waals surface area (Å²) in [4.78, 5) is 4.98. The van der Waals surface area contributed by atoms with Gasteiger partial charge in [0, 0.05) is 31.7 Å². The molecule has 2 nitrogen and oxygen atoms in total. The summed E-state index contributed by atoms with van der Waals surface area (Å²) in [6, 6.07) is 1.22. The molecule has 1 saturated heterocycles. The van der Waals surface area contributed by atoms with Crippen LogP contribution in [0.15, 0.2) is 36.5 Å².